The quantitative estimate of drug-likeness (QED) is 0.899. The van der Waals surface area contributed by atoms with Crippen LogP contribution in [0, 0.1) is 18.6 Å². The zero-order valence-electron chi connectivity index (χ0n) is 10.4. The molecule has 0 atom stereocenters. The maximum Gasteiger partial charge on any atom is 0.207 e. The van der Waals surface area contributed by atoms with E-state index in [0.717, 1.165) is 24.7 Å². The first-order chi connectivity index (χ1) is 8.61. The second-order valence-electron chi connectivity index (χ2n) is 4.13. The summed E-state index contributed by atoms with van der Waals surface area (Å²) in [6.07, 6.45) is 2.82. The largest absolute Gasteiger partial charge is 0.323 e. The highest BCUT2D eigenvalue weighted by Gasteiger charge is 2.11. The van der Waals surface area contributed by atoms with Crippen molar-refractivity contribution in [2.45, 2.75) is 26.8 Å². The van der Waals surface area contributed by atoms with E-state index >= 15 is 0 Å². The Morgan fingerprint density at radius 3 is 2.83 bits per heavy atom. The van der Waals surface area contributed by atoms with Crippen LogP contribution < -0.4 is 5.32 Å². The third-order valence-corrected chi connectivity index (χ3v) is 2.56. The molecule has 0 saturated heterocycles. The second-order valence-corrected chi connectivity index (χ2v) is 4.13. The molecule has 2 aromatic rings. The molecule has 5 heteroatoms. The maximum atomic E-state index is 13.5. The minimum Gasteiger partial charge on any atom is -0.323 e. The Morgan fingerprint density at radius 2 is 2.11 bits per heavy atom. The van der Waals surface area contributed by atoms with Crippen molar-refractivity contribution in [3.63, 3.8) is 0 Å². The van der Waals surface area contributed by atoms with Crippen LogP contribution in [0.1, 0.15) is 19.0 Å². The predicted molar refractivity (Wildman–Crippen MR) is 66.9 cm³/mol. The first-order valence-electron chi connectivity index (χ1n) is 5.86. The van der Waals surface area contributed by atoms with Crippen LogP contribution >= 0.6 is 0 Å². The number of hydrogen-bond donors (Lipinski definition) is 1. The minimum atomic E-state index is -0.888. The monoisotopic (exact) mass is 251 g/mol. The Balaban J connectivity index is 2.30. The van der Waals surface area contributed by atoms with Gasteiger partial charge in [0.1, 0.15) is 0 Å². The number of imidazole rings is 1. The minimum absolute atomic E-state index is 0.0953. The molecule has 1 aromatic heterocycles. The van der Waals surface area contributed by atoms with Crippen molar-refractivity contribution in [1.82, 2.24) is 9.55 Å². The number of aryl methyl sites for hydroxylation is 2. The summed E-state index contributed by atoms with van der Waals surface area (Å²) in [5, 5.41) is 2.82. The number of hydrogen-bond acceptors (Lipinski definition) is 2. The molecule has 2 rings (SSSR count). The first-order valence-corrected chi connectivity index (χ1v) is 5.86. The average molecular weight is 251 g/mol. The fourth-order valence-corrected chi connectivity index (χ4v) is 1.78. The summed E-state index contributed by atoms with van der Waals surface area (Å²) in [7, 11) is 0. The normalized spacial score (nSPS) is 10.7. The number of anilines is 2. The molecule has 96 valence electrons. The average Bonchev–Trinajstić information content (AvgIpc) is 2.66. The Bertz CT molecular complexity index is 549. The molecule has 0 bridgehead atoms. The van der Waals surface area contributed by atoms with Gasteiger partial charge in [0.25, 0.3) is 0 Å². The molecule has 1 aromatic carbocycles. The van der Waals surface area contributed by atoms with Crippen molar-refractivity contribution in [2.24, 2.45) is 0 Å². The van der Waals surface area contributed by atoms with Gasteiger partial charge in [-0.2, -0.15) is 0 Å². The number of aromatic nitrogens is 2. The summed E-state index contributed by atoms with van der Waals surface area (Å²) in [5.74, 6) is -1.23. The third kappa shape index (κ3) is 2.50. The summed E-state index contributed by atoms with van der Waals surface area (Å²) in [6, 6.07) is 4.03. The molecule has 3 nitrogen and oxygen atoms in total. The van der Waals surface area contributed by atoms with E-state index in [4.69, 9.17) is 0 Å². The van der Waals surface area contributed by atoms with Crippen LogP contribution in [0.5, 0.6) is 0 Å². The van der Waals surface area contributed by atoms with E-state index in [9.17, 15) is 8.78 Å². The molecular weight excluding hydrogens is 236 g/mol. The molecule has 0 spiro atoms. The number of nitrogens with zero attached hydrogens (tertiary/aromatic N) is 2. The van der Waals surface area contributed by atoms with Crippen molar-refractivity contribution in [1.29, 1.82) is 0 Å². The molecule has 0 aliphatic heterocycles. The van der Waals surface area contributed by atoms with E-state index in [-0.39, 0.29) is 5.69 Å². The molecule has 1 N–H and O–H groups in total. The van der Waals surface area contributed by atoms with E-state index in [1.165, 1.54) is 12.1 Å². The Hall–Kier alpha value is -1.91. The van der Waals surface area contributed by atoms with Gasteiger partial charge < -0.3 is 9.88 Å². The molecule has 0 radical (unpaired) electrons. The van der Waals surface area contributed by atoms with Crippen molar-refractivity contribution in [3.05, 3.63) is 41.7 Å². The molecule has 0 saturated carbocycles. The van der Waals surface area contributed by atoms with Crippen LogP contribution in [-0.4, -0.2) is 9.55 Å². The van der Waals surface area contributed by atoms with Gasteiger partial charge in [0.2, 0.25) is 5.95 Å². The van der Waals surface area contributed by atoms with E-state index in [2.05, 4.69) is 10.3 Å². The molecule has 0 amide bonds. The van der Waals surface area contributed by atoms with Gasteiger partial charge in [-0.3, -0.25) is 0 Å². The summed E-state index contributed by atoms with van der Waals surface area (Å²) in [4.78, 5) is 4.26. The molecule has 0 aliphatic rings. The fourth-order valence-electron chi connectivity index (χ4n) is 1.78. The van der Waals surface area contributed by atoms with Crippen LogP contribution in [0.25, 0.3) is 0 Å². The fraction of sp³-hybridized carbons (Fsp3) is 0.308. The van der Waals surface area contributed by atoms with Crippen molar-refractivity contribution >= 4 is 11.6 Å². The maximum absolute atomic E-state index is 13.5. The number of benzene rings is 1. The summed E-state index contributed by atoms with van der Waals surface area (Å²) < 4.78 is 28.5. The van der Waals surface area contributed by atoms with E-state index in [1.54, 1.807) is 0 Å². The molecule has 0 unspecified atom stereocenters. The van der Waals surface area contributed by atoms with Crippen LogP contribution in [0.3, 0.4) is 0 Å². The zero-order chi connectivity index (χ0) is 13.1. The highest BCUT2D eigenvalue weighted by Crippen LogP contribution is 2.21. The smallest absolute Gasteiger partial charge is 0.207 e. The third-order valence-electron chi connectivity index (χ3n) is 2.56. The van der Waals surface area contributed by atoms with Gasteiger partial charge in [-0.1, -0.05) is 13.0 Å². The molecule has 18 heavy (non-hydrogen) atoms. The number of rotatable bonds is 4. The van der Waals surface area contributed by atoms with Crippen molar-refractivity contribution in [2.75, 3.05) is 5.32 Å². The summed E-state index contributed by atoms with van der Waals surface area (Å²) in [6.45, 7) is 4.68. The molecule has 0 fully saturated rings. The highest BCUT2D eigenvalue weighted by molar-refractivity contribution is 5.54. The van der Waals surface area contributed by atoms with Gasteiger partial charge in [-0.05, 0) is 25.5 Å². The highest BCUT2D eigenvalue weighted by atomic mass is 19.2. The lowest BCUT2D eigenvalue weighted by atomic mass is 10.3. The molecule has 0 aliphatic carbocycles. The summed E-state index contributed by atoms with van der Waals surface area (Å²) >= 11 is 0. The lowest BCUT2D eigenvalue weighted by Crippen LogP contribution is -2.04. The van der Waals surface area contributed by atoms with Gasteiger partial charge >= 0.3 is 0 Å². The summed E-state index contributed by atoms with van der Waals surface area (Å²) in [5.41, 5.74) is 0.931. The zero-order valence-corrected chi connectivity index (χ0v) is 10.4. The van der Waals surface area contributed by atoms with Gasteiger partial charge in [0.15, 0.2) is 11.6 Å². The number of nitrogens with one attached hydrogen (secondary N) is 1. The topological polar surface area (TPSA) is 29.9 Å². The van der Waals surface area contributed by atoms with E-state index in [1.807, 2.05) is 24.6 Å². The SMILES string of the molecule is CCCn1cc(C)nc1Nc1cccc(F)c1F. The predicted octanol–water partition coefficient (Wildman–Crippen LogP) is 3.62. The van der Waals surface area contributed by atoms with Crippen molar-refractivity contribution < 1.29 is 8.78 Å². The number of halogens is 2. The lowest BCUT2D eigenvalue weighted by molar-refractivity contribution is 0.511. The Morgan fingerprint density at radius 1 is 1.33 bits per heavy atom. The van der Waals surface area contributed by atoms with Gasteiger partial charge in [0.05, 0.1) is 11.4 Å². The van der Waals surface area contributed by atoms with Crippen molar-refractivity contribution in [3.8, 4) is 0 Å². The van der Waals surface area contributed by atoms with Gasteiger partial charge in [0, 0.05) is 12.7 Å². The lowest BCUT2D eigenvalue weighted by Gasteiger charge is -2.09. The van der Waals surface area contributed by atoms with E-state index < -0.39 is 11.6 Å². The Kier molecular flexibility index (Phi) is 3.60. The van der Waals surface area contributed by atoms with Crippen LogP contribution in [0.15, 0.2) is 24.4 Å². The van der Waals surface area contributed by atoms with Crippen LogP contribution in [0.2, 0.25) is 0 Å². The van der Waals surface area contributed by atoms with Gasteiger partial charge in [-0.15, -0.1) is 0 Å². The molecule has 1 heterocycles. The standard InChI is InChI=1S/C13H15F2N3/c1-3-7-18-8-9(2)16-13(18)17-11-6-4-5-10(14)12(11)15/h4-6,8H,3,7H2,1-2H3,(H,16,17). The molecular formula is C13H15F2N3. The second kappa shape index (κ2) is 5.16. The van der Waals surface area contributed by atoms with Gasteiger partial charge in [-0.25, -0.2) is 13.8 Å². The first kappa shape index (κ1) is 12.5. The van der Waals surface area contributed by atoms with Crippen LogP contribution in [0.4, 0.5) is 20.4 Å². The van der Waals surface area contributed by atoms with E-state index in [0.29, 0.717) is 5.95 Å². The Labute approximate surface area is 104 Å². The van der Waals surface area contributed by atoms with Crippen LogP contribution in [-0.2, 0) is 6.54 Å².